The lowest BCUT2D eigenvalue weighted by Crippen LogP contribution is -2.51. The zero-order valence-corrected chi connectivity index (χ0v) is 21.4. The first-order chi connectivity index (χ1) is 17.3. The summed E-state index contributed by atoms with van der Waals surface area (Å²) in [6.45, 7) is -4.56. The van der Waals surface area contributed by atoms with Crippen molar-refractivity contribution >= 4 is 69.7 Å². The Bertz CT molecular complexity index is 1630. The van der Waals surface area contributed by atoms with E-state index in [0.717, 1.165) is 8.96 Å². The molecule has 0 saturated heterocycles. The smallest absolute Gasteiger partial charge is 0.389 e. The van der Waals surface area contributed by atoms with E-state index in [1.807, 2.05) is 91.0 Å². The highest BCUT2D eigenvalue weighted by Gasteiger charge is 2.59. The van der Waals surface area contributed by atoms with Crippen LogP contribution in [0.15, 0.2) is 102 Å². The summed E-state index contributed by atoms with van der Waals surface area (Å²) in [6, 6.07) is 27.5. The molecule has 0 amide bonds. The minimum Gasteiger partial charge on any atom is -0.389 e. The summed E-state index contributed by atoms with van der Waals surface area (Å²) in [7, 11) is 0. The maximum atomic E-state index is 16.5. The lowest BCUT2D eigenvalue weighted by molar-refractivity contribution is -0.357. The average Bonchev–Trinajstić information content (AvgIpc) is 3.31. The number of aromatic nitrogens is 1. The summed E-state index contributed by atoms with van der Waals surface area (Å²) < 4.78 is 34.6. The molecule has 0 fully saturated rings. The summed E-state index contributed by atoms with van der Waals surface area (Å²) in [4.78, 5) is 0. The van der Waals surface area contributed by atoms with Crippen LogP contribution >= 0.6 is 46.4 Å². The van der Waals surface area contributed by atoms with Crippen molar-refractivity contribution in [1.82, 2.24) is 4.48 Å². The van der Waals surface area contributed by atoms with Gasteiger partial charge in [-0.25, -0.2) is 0 Å². The predicted octanol–water partition coefficient (Wildman–Crippen LogP) is 8.77. The first-order valence-corrected chi connectivity index (χ1v) is 12.6. The van der Waals surface area contributed by atoms with Gasteiger partial charge >= 0.3 is 6.97 Å². The molecule has 0 aliphatic carbocycles. The number of benzene rings is 3. The Kier molecular flexibility index (Phi) is 5.65. The van der Waals surface area contributed by atoms with Gasteiger partial charge in [-0.15, -0.1) is 0 Å². The third-order valence-electron chi connectivity index (χ3n) is 6.46. The molecule has 36 heavy (non-hydrogen) atoms. The van der Waals surface area contributed by atoms with Crippen LogP contribution in [0.1, 0.15) is 16.8 Å². The van der Waals surface area contributed by atoms with Gasteiger partial charge in [0.25, 0.3) is 0 Å². The molecule has 1 aromatic heterocycles. The topological polar surface area (TPSA) is 7.94 Å². The lowest BCUT2D eigenvalue weighted by atomic mass is 9.82. The van der Waals surface area contributed by atoms with Crippen molar-refractivity contribution in [3.05, 3.63) is 129 Å². The van der Waals surface area contributed by atoms with E-state index in [-0.39, 0.29) is 31.8 Å². The van der Waals surface area contributed by atoms with E-state index in [4.69, 9.17) is 46.4 Å². The third kappa shape index (κ3) is 3.27. The van der Waals surface area contributed by atoms with Gasteiger partial charge < -0.3 is 17.6 Å². The molecule has 0 radical (unpaired) electrons. The van der Waals surface area contributed by atoms with Crippen LogP contribution in [0.25, 0.3) is 22.3 Å². The third-order valence-corrected chi connectivity index (χ3v) is 8.13. The van der Waals surface area contributed by atoms with Crippen molar-refractivity contribution in [3.63, 3.8) is 0 Å². The molecule has 0 bridgehead atoms. The average molecular weight is 558 g/mol. The van der Waals surface area contributed by atoms with E-state index >= 15 is 8.63 Å². The first-order valence-electron chi connectivity index (χ1n) is 11.1. The Hall–Kier alpha value is -2.83. The zero-order chi connectivity index (χ0) is 25.2. The van der Waals surface area contributed by atoms with Crippen molar-refractivity contribution in [2.45, 2.75) is 0 Å². The van der Waals surface area contributed by atoms with Crippen molar-refractivity contribution in [1.29, 1.82) is 0 Å². The van der Waals surface area contributed by atoms with E-state index in [1.165, 1.54) is 0 Å². The molecule has 0 atom stereocenters. The highest BCUT2D eigenvalue weighted by atomic mass is 35.5. The fraction of sp³-hybridized carbons (Fsp3) is 0. The molecule has 0 N–H and O–H groups in total. The van der Waals surface area contributed by atoms with Gasteiger partial charge in [0.15, 0.2) is 5.70 Å². The number of hydrogen-bond acceptors (Lipinski definition) is 0. The summed E-state index contributed by atoms with van der Waals surface area (Å²) in [5.74, 6) is 0. The molecular formula is C27H15BCl4F2N2. The molecular weight excluding hydrogens is 543 g/mol. The number of allylic oxidation sites excluding steroid dienone is 2. The van der Waals surface area contributed by atoms with Crippen LogP contribution < -0.4 is 0 Å². The highest BCUT2D eigenvalue weighted by Crippen LogP contribution is 2.54. The second kappa shape index (κ2) is 8.64. The fourth-order valence-electron chi connectivity index (χ4n) is 4.98. The summed E-state index contributed by atoms with van der Waals surface area (Å²) in [6.07, 6.45) is 0. The summed E-state index contributed by atoms with van der Waals surface area (Å²) in [5.41, 5.74) is 3.78. The molecule has 2 aliphatic rings. The number of halogens is 6. The van der Waals surface area contributed by atoms with Crippen LogP contribution in [-0.2, 0) is 0 Å². The van der Waals surface area contributed by atoms with Gasteiger partial charge in [-0.05, 0) is 28.3 Å². The standard InChI is InChI=1S/C27H15BCl4F2N2/c29-22-19(16-10-4-1-5-11-16)24-21(18-14-8-3-9-15-18)25-20(17-12-6-2-7-13-17)23(30)27(32)36(25)28(33,34)35(24)26(22)31/h1-15H. The molecule has 9 heteroatoms. The van der Waals surface area contributed by atoms with Gasteiger partial charge in [-0.1, -0.05) is 126 Å². The Balaban J connectivity index is 1.83. The molecule has 2 aliphatic heterocycles. The van der Waals surface area contributed by atoms with Crippen molar-refractivity contribution in [2.75, 3.05) is 0 Å². The van der Waals surface area contributed by atoms with Gasteiger partial charge in [-0.2, -0.15) is 0 Å². The molecule has 6 rings (SSSR count). The Labute approximate surface area is 226 Å². The van der Waals surface area contributed by atoms with Crippen LogP contribution in [0, 0.1) is 0 Å². The van der Waals surface area contributed by atoms with Crippen molar-refractivity contribution < 1.29 is 13.1 Å². The number of fused-ring (bicyclic) bond motifs is 2. The largest absolute Gasteiger partial charge is 0.739 e. The van der Waals surface area contributed by atoms with Gasteiger partial charge in [0.2, 0.25) is 5.17 Å². The summed E-state index contributed by atoms with van der Waals surface area (Å²) >= 11 is 26.5. The highest BCUT2D eigenvalue weighted by molar-refractivity contribution is 6.79. The molecule has 2 nitrogen and oxygen atoms in total. The minimum absolute atomic E-state index is 0.0436. The van der Waals surface area contributed by atoms with Crippen molar-refractivity contribution in [3.8, 4) is 11.1 Å². The van der Waals surface area contributed by atoms with Crippen LogP contribution in [0.3, 0.4) is 0 Å². The maximum Gasteiger partial charge on any atom is 0.739 e. The van der Waals surface area contributed by atoms with E-state index < -0.39 is 6.97 Å². The Morgan fingerprint density at radius 1 is 0.639 bits per heavy atom. The second-order valence-electron chi connectivity index (χ2n) is 8.46. The van der Waals surface area contributed by atoms with Crippen LogP contribution in [0.2, 0.25) is 10.2 Å². The van der Waals surface area contributed by atoms with Crippen LogP contribution in [-0.4, -0.2) is 21.1 Å². The monoisotopic (exact) mass is 556 g/mol. The van der Waals surface area contributed by atoms with Gasteiger partial charge in [0, 0.05) is 11.3 Å². The normalized spacial score (nSPS) is 16.5. The maximum absolute atomic E-state index is 16.5. The summed E-state index contributed by atoms with van der Waals surface area (Å²) in [5, 5.41) is -0.447. The van der Waals surface area contributed by atoms with Crippen molar-refractivity contribution in [2.24, 2.45) is 0 Å². The van der Waals surface area contributed by atoms with Crippen LogP contribution in [0.5, 0.6) is 0 Å². The van der Waals surface area contributed by atoms with E-state index in [1.54, 1.807) is 0 Å². The Morgan fingerprint density at radius 2 is 1.11 bits per heavy atom. The molecule has 4 aromatic rings. The Morgan fingerprint density at radius 3 is 1.64 bits per heavy atom. The van der Waals surface area contributed by atoms with Gasteiger partial charge in [0.1, 0.15) is 5.03 Å². The molecule has 3 aromatic carbocycles. The van der Waals surface area contributed by atoms with E-state index in [2.05, 4.69) is 0 Å². The number of rotatable bonds is 3. The quantitative estimate of drug-likeness (QED) is 0.222. The SMILES string of the molecule is F[B-]1(F)n2c(Cl)c(Cl)c(-c3ccccc3)c2C(c2ccccc2)=C2C(c3ccccc3)=C(Cl)C(Cl)=[N+]21. The molecule has 178 valence electrons. The lowest BCUT2D eigenvalue weighted by Gasteiger charge is -2.33. The van der Waals surface area contributed by atoms with Gasteiger partial charge in [0.05, 0.1) is 21.3 Å². The predicted molar refractivity (Wildman–Crippen MR) is 146 cm³/mol. The fourth-order valence-corrected chi connectivity index (χ4v) is 6.15. The second-order valence-corrected chi connectivity index (χ2v) is 9.93. The molecule has 0 saturated carbocycles. The van der Waals surface area contributed by atoms with Gasteiger partial charge in [-0.3, -0.25) is 0 Å². The molecule has 0 unspecified atom stereocenters. The van der Waals surface area contributed by atoms with E-state index in [0.29, 0.717) is 33.4 Å². The minimum atomic E-state index is -4.56. The molecule has 3 heterocycles. The number of nitrogens with zero attached hydrogens (tertiary/aromatic N) is 2. The number of hydrogen-bond donors (Lipinski definition) is 0. The molecule has 0 spiro atoms. The van der Waals surface area contributed by atoms with Crippen LogP contribution in [0.4, 0.5) is 8.63 Å². The zero-order valence-electron chi connectivity index (χ0n) is 18.4. The van der Waals surface area contributed by atoms with E-state index in [9.17, 15) is 0 Å². The first kappa shape index (κ1) is 23.6.